The van der Waals surface area contributed by atoms with Crippen LogP contribution in [0.1, 0.15) is 29.3 Å². The van der Waals surface area contributed by atoms with E-state index in [0.717, 1.165) is 10.9 Å². The van der Waals surface area contributed by atoms with Gasteiger partial charge >= 0.3 is 5.97 Å². The van der Waals surface area contributed by atoms with Crippen molar-refractivity contribution in [3.63, 3.8) is 0 Å². The maximum Gasteiger partial charge on any atom is 0.354 e. The van der Waals surface area contributed by atoms with Crippen molar-refractivity contribution in [2.75, 3.05) is 13.7 Å². The molecule has 2 rings (SSSR count). The monoisotopic (exact) mass is 249 g/mol. The number of aliphatic hydroxyl groups is 1. The third kappa shape index (κ3) is 2.37. The molecular weight excluding hydrogens is 234 g/mol. The Morgan fingerprint density at radius 2 is 2.22 bits per heavy atom. The zero-order valence-corrected chi connectivity index (χ0v) is 10.3. The van der Waals surface area contributed by atoms with Gasteiger partial charge in [0.05, 0.1) is 6.61 Å². The lowest BCUT2D eigenvalue weighted by molar-refractivity contribution is -0.0768. The molecule has 1 aromatic carbocycles. The van der Waals surface area contributed by atoms with E-state index in [0.29, 0.717) is 17.9 Å². The maximum absolute atomic E-state index is 11.6. The number of aromatic amines is 1. The lowest BCUT2D eigenvalue weighted by Crippen LogP contribution is -2.04. The van der Waals surface area contributed by atoms with Crippen LogP contribution in [0.4, 0.5) is 0 Å². The molecule has 0 aliphatic carbocycles. The maximum atomic E-state index is 11.6. The fourth-order valence-corrected chi connectivity index (χ4v) is 1.75. The van der Waals surface area contributed by atoms with Gasteiger partial charge in [-0.15, -0.1) is 0 Å². The van der Waals surface area contributed by atoms with E-state index in [1.807, 2.05) is 6.07 Å². The summed E-state index contributed by atoms with van der Waals surface area (Å²) < 4.78 is 9.74. The summed E-state index contributed by atoms with van der Waals surface area (Å²) in [5.41, 5.74) is 1.78. The molecule has 0 aliphatic rings. The molecule has 1 atom stereocenters. The number of hydrogen-bond donors (Lipinski definition) is 2. The third-order valence-electron chi connectivity index (χ3n) is 2.65. The number of rotatable bonds is 4. The van der Waals surface area contributed by atoms with E-state index in [9.17, 15) is 9.90 Å². The molecule has 0 amide bonds. The fraction of sp³-hybridized carbons (Fsp3) is 0.308. The molecule has 2 aromatic rings. The minimum Gasteiger partial charge on any atom is -0.461 e. The molecular formula is C13H15NO4. The molecule has 0 radical (unpaired) electrons. The predicted octanol–water partition coefficient (Wildman–Crippen LogP) is 1.98. The highest BCUT2D eigenvalue weighted by Gasteiger charge is 2.12. The molecule has 0 aliphatic heterocycles. The van der Waals surface area contributed by atoms with E-state index in [1.165, 1.54) is 7.11 Å². The number of H-pyrrole nitrogens is 1. The number of nitrogens with one attached hydrogen (secondary N) is 1. The molecule has 2 N–H and O–H groups in total. The third-order valence-corrected chi connectivity index (χ3v) is 2.65. The van der Waals surface area contributed by atoms with Crippen molar-refractivity contribution in [2.45, 2.75) is 13.2 Å². The largest absolute Gasteiger partial charge is 0.461 e. The Kier molecular flexibility index (Phi) is 3.64. The molecule has 1 aromatic heterocycles. The lowest BCUT2D eigenvalue weighted by Gasteiger charge is -2.07. The second-order valence-corrected chi connectivity index (χ2v) is 3.84. The summed E-state index contributed by atoms with van der Waals surface area (Å²) in [5, 5.41) is 10.4. The summed E-state index contributed by atoms with van der Waals surface area (Å²) in [6.45, 7) is 2.09. The van der Waals surface area contributed by atoms with Gasteiger partial charge in [-0.05, 0) is 19.1 Å². The van der Waals surface area contributed by atoms with Gasteiger partial charge in [0.1, 0.15) is 5.69 Å². The highest BCUT2D eigenvalue weighted by atomic mass is 16.6. The van der Waals surface area contributed by atoms with Crippen molar-refractivity contribution in [1.82, 2.24) is 4.98 Å². The normalized spacial score (nSPS) is 12.6. The molecule has 0 bridgehead atoms. The number of carbonyl (C=O) groups excluding carboxylic acids is 1. The number of hydrogen-bond acceptors (Lipinski definition) is 4. The molecule has 5 nitrogen and oxygen atoms in total. The van der Waals surface area contributed by atoms with E-state index in [1.54, 1.807) is 25.1 Å². The standard InChI is InChI=1S/C13H15NO4/c1-3-18-13(16)11-6-8-4-5-9(12(15)17-2)7-10(8)14-11/h4-7,12,14-15H,3H2,1-2H3. The van der Waals surface area contributed by atoms with Crippen molar-refractivity contribution >= 4 is 16.9 Å². The van der Waals surface area contributed by atoms with Crippen LogP contribution in [0.5, 0.6) is 0 Å². The van der Waals surface area contributed by atoms with Gasteiger partial charge in [-0.2, -0.15) is 0 Å². The SMILES string of the molecule is CCOC(=O)c1cc2ccc(C(O)OC)cc2[nH]1. The van der Waals surface area contributed by atoms with Crippen LogP contribution in [0, 0.1) is 0 Å². The highest BCUT2D eigenvalue weighted by Crippen LogP contribution is 2.21. The topological polar surface area (TPSA) is 71.6 Å². The van der Waals surface area contributed by atoms with Crippen LogP contribution < -0.4 is 0 Å². The van der Waals surface area contributed by atoms with Crippen molar-refractivity contribution in [3.8, 4) is 0 Å². The number of benzene rings is 1. The van der Waals surface area contributed by atoms with Gasteiger partial charge in [-0.1, -0.05) is 12.1 Å². The summed E-state index contributed by atoms with van der Waals surface area (Å²) >= 11 is 0. The molecule has 0 saturated heterocycles. The zero-order chi connectivity index (χ0) is 13.1. The molecule has 96 valence electrons. The van der Waals surface area contributed by atoms with Gasteiger partial charge in [-0.3, -0.25) is 0 Å². The molecule has 0 spiro atoms. The molecule has 0 saturated carbocycles. The number of esters is 1. The second kappa shape index (κ2) is 5.20. The van der Waals surface area contributed by atoms with Gasteiger partial charge in [0.25, 0.3) is 0 Å². The summed E-state index contributed by atoms with van der Waals surface area (Å²) in [5.74, 6) is -0.387. The quantitative estimate of drug-likeness (QED) is 0.642. The van der Waals surface area contributed by atoms with Crippen molar-refractivity contribution in [2.24, 2.45) is 0 Å². The van der Waals surface area contributed by atoms with Gasteiger partial charge in [0.15, 0.2) is 6.29 Å². The predicted molar refractivity (Wildman–Crippen MR) is 66.2 cm³/mol. The van der Waals surface area contributed by atoms with E-state index < -0.39 is 6.29 Å². The Balaban J connectivity index is 2.36. The summed E-state index contributed by atoms with van der Waals surface area (Å²) in [7, 11) is 1.42. The van der Waals surface area contributed by atoms with Gasteiger partial charge in [-0.25, -0.2) is 4.79 Å². The Morgan fingerprint density at radius 1 is 1.44 bits per heavy atom. The van der Waals surface area contributed by atoms with Crippen LogP contribution >= 0.6 is 0 Å². The average molecular weight is 249 g/mol. The number of aromatic nitrogens is 1. The van der Waals surface area contributed by atoms with Gasteiger partial charge < -0.3 is 19.6 Å². The summed E-state index contributed by atoms with van der Waals surface area (Å²) in [6.07, 6.45) is -0.969. The smallest absolute Gasteiger partial charge is 0.354 e. The van der Waals surface area contributed by atoms with E-state index in [4.69, 9.17) is 9.47 Å². The Labute approximate surface area is 104 Å². The van der Waals surface area contributed by atoms with Crippen LogP contribution in [0.25, 0.3) is 10.9 Å². The summed E-state index contributed by atoms with van der Waals surface area (Å²) in [4.78, 5) is 14.5. The number of methoxy groups -OCH3 is 1. The second-order valence-electron chi connectivity index (χ2n) is 3.84. The van der Waals surface area contributed by atoms with Crippen LogP contribution in [-0.4, -0.2) is 29.8 Å². The van der Waals surface area contributed by atoms with Crippen LogP contribution in [-0.2, 0) is 9.47 Å². The number of aliphatic hydroxyl groups excluding tert-OH is 1. The van der Waals surface area contributed by atoms with E-state index in [-0.39, 0.29) is 5.97 Å². The Morgan fingerprint density at radius 3 is 2.89 bits per heavy atom. The van der Waals surface area contributed by atoms with Crippen LogP contribution in [0.15, 0.2) is 24.3 Å². The van der Waals surface area contributed by atoms with Crippen molar-refractivity contribution in [1.29, 1.82) is 0 Å². The zero-order valence-electron chi connectivity index (χ0n) is 10.3. The molecule has 1 heterocycles. The first-order valence-electron chi connectivity index (χ1n) is 5.66. The summed E-state index contributed by atoms with van der Waals surface area (Å²) in [6, 6.07) is 7.02. The van der Waals surface area contributed by atoms with Gasteiger partial charge in [0.2, 0.25) is 0 Å². The molecule has 18 heavy (non-hydrogen) atoms. The lowest BCUT2D eigenvalue weighted by atomic mass is 10.1. The molecule has 0 fully saturated rings. The average Bonchev–Trinajstić information content (AvgIpc) is 2.80. The minimum absolute atomic E-state index is 0.335. The fourth-order valence-electron chi connectivity index (χ4n) is 1.75. The van der Waals surface area contributed by atoms with Crippen molar-refractivity contribution in [3.05, 3.63) is 35.5 Å². The first-order valence-corrected chi connectivity index (χ1v) is 5.66. The van der Waals surface area contributed by atoms with E-state index in [2.05, 4.69) is 4.98 Å². The number of ether oxygens (including phenoxy) is 2. The first-order chi connectivity index (χ1) is 8.65. The first kappa shape index (κ1) is 12.6. The minimum atomic E-state index is -0.969. The number of carbonyl (C=O) groups is 1. The Bertz CT molecular complexity index is 561. The highest BCUT2D eigenvalue weighted by molar-refractivity contribution is 5.94. The van der Waals surface area contributed by atoms with Crippen molar-refractivity contribution < 1.29 is 19.4 Å². The van der Waals surface area contributed by atoms with Crippen LogP contribution in [0.3, 0.4) is 0 Å². The number of fused-ring (bicyclic) bond motifs is 1. The van der Waals surface area contributed by atoms with Crippen LogP contribution in [0.2, 0.25) is 0 Å². The van der Waals surface area contributed by atoms with Gasteiger partial charge in [0, 0.05) is 23.6 Å². The molecule has 1 unspecified atom stereocenters. The van der Waals surface area contributed by atoms with E-state index >= 15 is 0 Å². The Hall–Kier alpha value is -1.85. The molecule has 5 heteroatoms.